The molecule has 0 spiro atoms. The van der Waals surface area contributed by atoms with Crippen LogP contribution in [-0.4, -0.2) is 43.0 Å². The summed E-state index contributed by atoms with van der Waals surface area (Å²) in [6.45, 7) is 0. The van der Waals surface area contributed by atoms with Gasteiger partial charge in [0, 0.05) is 15.4 Å². The van der Waals surface area contributed by atoms with E-state index in [1.807, 2.05) is 36.4 Å². The Balaban J connectivity index is 1.38. The molecule has 2 heterocycles. The van der Waals surface area contributed by atoms with Crippen molar-refractivity contribution in [3.8, 4) is 17.2 Å². The predicted molar refractivity (Wildman–Crippen MR) is 194 cm³/mol. The lowest BCUT2D eigenvalue weighted by atomic mass is 9.49. The van der Waals surface area contributed by atoms with Crippen LogP contribution >= 0.6 is 27.5 Å². The van der Waals surface area contributed by atoms with Gasteiger partial charge in [-0.15, -0.1) is 0 Å². The summed E-state index contributed by atoms with van der Waals surface area (Å²) < 4.78 is 12.0. The van der Waals surface area contributed by atoms with Crippen LogP contribution in [0.3, 0.4) is 0 Å². The van der Waals surface area contributed by atoms with E-state index < -0.39 is 46.8 Å². The Morgan fingerprint density at radius 2 is 1.47 bits per heavy atom. The smallest absolute Gasteiger partial charge is 0.246 e. The number of phenols is 1. The highest BCUT2D eigenvalue weighted by atomic mass is 79.9. The van der Waals surface area contributed by atoms with Crippen LogP contribution in [0, 0.1) is 23.7 Å². The zero-order valence-corrected chi connectivity index (χ0v) is 29.9. The van der Waals surface area contributed by atoms with Crippen molar-refractivity contribution in [3.63, 3.8) is 0 Å². The van der Waals surface area contributed by atoms with Crippen LogP contribution in [0.15, 0.2) is 107 Å². The van der Waals surface area contributed by atoms with E-state index in [4.69, 9.17) is 21.1 Å². The molecule has 1 N–H and O–H groups in total. The van der Waals surface area contributed by atoms with Crippen molar-refractivity contribution in [2.24, 2.45) is 23.7 Å². The number of phenolic OH excluding ortho intramolecular Hbond substituents is 1. The third-order valence-electron chi connectivity index (χ3n) is 11.1. The number of methoxy groups -OCH3 is 2. The molecule has 258 valence electrons. The van der Waals surface area contributed by atoms with Crippen LogP contribution < -0.4 is 19.3 Å². The molecule has 51 heavy (non-hydrogen) atoms. The highest BCUT2D eigenvalue weighted by Crippen LogP contribution is 2.65. The largest absolute Gasteiger partial charge is 0.502 e. The average Bonchev–Trinajstić information content (AvgIpc) is 3.53. The number of halogens is 2. The van der Waals surface area contributed by atoms with E-state index >= 15 is 4.79 Å². The monoisotopic (exact) mass is 766 g/mol. The number of carbonyl (C=O) groups is 4. The number of aromatic hydroxyl groups is 1. The number of hydrogen-bond donors (Lipinski definition) is 1. The van der Waals surface area contributed by atoms with Gasteiger partial charge in [0.2, 0.25) is 29.4 Å². The number of imide groups is 2. The van der Waals surface area contributed by atoms with E-state index in [0.29, 0.717) is 27.5 Å². The number of anilines is 2. The minimum absolute atomic E-state index is 0.123. The van der Waals surface area contributed by atoms with Gasteiger partial charge < -0.3 is 14.6 Å². The topological polar surface area (TPSA) is 113 Å². The van der Waals surface area contributed by atoms with Gasteiger partial charge in [0.1, 0.15) is 0 Å². The van der Waals surface area contributed by atoms with E-state index in [9.17, 15) is 19.5 Å². The molecule has 0 aromatic heterocycles. The molecule has 8 rings (SSSR count). The third kappa shape index (κ3) is 4.79. The van der Waals surface area contributed by atoms with Crippen LogP contribution in [0.25, 0.3) is 0 Å². The van der Waals surface area contributed by atoms with Gasteiger partial charge in [-0.25, -0.2) is 4.90 Å². The van der Waals surface area contributed by atoms with Crippen LogP contribution in [0.4, 0.5) is 11.4 Å². The number of fused-ring (bicyclic) bond motifs is 4. The zero-order chi connectivity index (χ0) is 35.8. The van der Waals surface area contributed by atoms with Crippen LogP contribution in [0.1, 0.15) is 29.9 Å². The van der Waals surface area contributed by atoms with Crippen molar-refractivity contribution in [3.05, 3.63) is 123 Å². The van der Waals surface area contributed by atoms with Crippen molar-refractivity contribution >= 4 is 62.5 Å². The molecule has 4 aromatic rings. The van der Waals surface area contributed by atoms with Gasteiger partial charge in [-0.05, 0) is 84.5 Å². The van der Waals surface area contributed by atoms with Crippen molar-refractivity contribution < 1.29 is 33.8 Å². The standard InChI is InChI=1S/C40H32BrClN2O7/c1-50-31-17-21(18-32(51-2)35(31)45)34-27-15-16-28-33(38(48)43(36(28)46)25-13-11-23(41)12-14-25)29(27)20-30-37(47)44(26-10-6-9-24(42)19-26)39(49)40(30,34)22-7-4-3-5-8-22/h3-15,17-19,28-30,33-34,45H,16,20H2,1-2H3/t28-,29+,30-,33-,34-,40+/m0/s1. The second-order valence-electron chi connectivity index (χ2n) is 13.4. The number of nitrogens with zero attached hydrogens (tertiary/aromatic N) is 2. The Bertz CT molecular complexity index is 2130. The molecule has 2 aliphatic heterocycles. The molecular formula is C40H32BrClN2O7. The first kappa shape index (κ1) is 33.2. The molecule has 11 heteroatoms. The zero-order valence-electron chi connectivity index (χ0n) is 27.6. The summed E-state index contributed by atoms with van der Waals surface area (Å²) in [4.78, 5) is 61.4. The molecule has 3 fully saturated rings. The second-order valence-corrected chi connectivity index (χ2v) is 14.7. The molecule has 4 amide bonds. The summed E-state index contributed by atoms with van der Waals surface area (Å²) in [7, 11) is 2.85. The Hall–Kier alpha value is -4.93. The first-order valence-corrected chi connectivity index (χ1v) is 17.8. The van der Waals surface area contributed by atoms with Crippen LogP contribution in [0.2, 0.25) is 5.02 Å². The van der Waals surface area contributed by atoms with Crippen molar-refractivity contribution in [1.82, 2.24) is 0 Å². The number of hydrogen-bond acceptors (Lipinski definition) is 7. The number of ether oxygens (including phenoxy) is 2. The third-order valence-corrected chi connectivity index (χ3v) is 11.9. The fourth-order valence-electron chi connectivity index (χ4n) is 9.04. The van der Waals surface area contributed by atoms with Crippen LogP contribution in [-0.2, 0) is 24.6 Å². The van der Waals surface area contributed by atoms with Crippen molar-refractivity contribution in [2.45, 2.75) is 24.2 Å². The maximum atomic E-state index is 15.4. The summed E-state index contributed by atoms with van der Waals surface area (Å²) in [5.41, 5.74) is 1.28. The van der Waals surface area contributed by atoms with Gasteiger partial charge in [-0.2, -0.15) is 0 Å². The molecule has 9 nitrogen and oxygen atoms in total. The molecule has 0 radical (unpaired) electrons. The van der Waals surface area contributed by atoms with Gasteiger partial charge >= 0.3 is 0 Å². The molecule has 0 unspecified atom stereocenters. The van der Waals surface area contributed by atoms with Gasteiger partial charge in [0.25, 0.3) is 0 Å². The maximum Gasteiger partial charge on any atom is 0.246 e. The quantitative estimate of drug-likeness (QED) is 0.163. The van der Waals surface area contributed by atoms with E-state index in [0.717, 1.165) is 10.0 Å². The fraction of sp³-hybridized carbons (Fsp3) is 0.250. The highest BCUT2D eigenvalue weighted by molar-refractivity contribution is 9.10. The van der Waals surface area contributed by atoms with Crippen LogP contribution in [0.5, 0.6) is 17.2 Å². The summed E-state index contributed by atoms with van der Waals surface area (Å²) in [6.07, 6.45) is 2.41. The van der Waals surface area contributed by atoms with Gasteiger partial charge in [0.15, 0.2) is 11.5 Å². The predicted octanol–water partition coefficient (Wildman–Crippen LogP) is 7.19. The number of carbonyl (C=O) groups excluding carboxylic acids is 4. The van der Waals surface area contributed by atoms with E-state index in [-0.39, 0.29) is 41.9 Å². The SMILES string of the molecule is COc1cc([C@H]2C3=CC[C@@H]4C(=O)N(c5ccc(Br)cc5)C(=O)[C@@H]4[C@@H]3C[C@H]3C(=O)N(c4cccc(Cl)c4)C(=O)[C@@]23c2ccccc2)cc(OC)c1O. The van der Waals surface area contributed by atoms with E-state index in [2.05, 4.69) is 15.9 Å². The summed E-state index contributed by atoms with van der Waals surface area (Å²) in [6, 6.07) is 26.2. The molecular weight excluding hydrogens is 736 g/mol. The Labute approximate surface area is 307 Å². The molecule has 4 aromatic carbocycles. The summed E-state index contributed by atoms with van der Waals surface area (Å²) >= 11 is 9.84. The number of benzene rings is 4. The van der Waals surface area contributed by atoms with Gasteiger partial charge in [0.05, 0.1) is 48.8 Å². The normalized spacial score (nSPS) is 26.8. The number of rotatable bonds is 6. The number of allylic oxidation sites excluding steroid dienone is 2. The van der Waals surface area contributed by atoms with E-state index in [1.54, 1.807) is 60.7 Å². The molecule has 1 saturated carbocycles. The average molecular weight is 768 g/mol. The lowest BCUT2D eigenvalue weighted by Gasteiger charge is -2.50. The lowest BCUT2D eigenvalue weighted by Crippen LogP contribution is -2.53. The minimum atomic E-state index is -1.49. The Kier molecular flexibility index (Phi) is 8.07. The summed E-state index contributed by atoms with van der Waals surface area (Å²) in [5, 5.41) is 11.3. The van der Waals surface area contributed by atoms with Crippen molar-refractivity contribution in [1.29, 1.82) is 0 Å². The minimum Gasteiger partial charge on any atom is -0.502 e. The second kappa shape index (κ2) is 12.4. The first-order valence-electron chi connectivity index (χ1n) is 16.6. The molecule has 2 aliphatic carbocycles. The van der Waals surface area contributed by atoms with E-state index in [1.165, 1.54) is 24.0 Å². The number of amides is 4. The molecule has 0 bridgehead atoms. The van der Waals surface area contributed by atoms with Gasteiger partial charge in [-0.3, -0.25) is 24.1 Å². The highest BCUT2D eigenvalue weighted by Gasteiger charge is 2.70. The lowest BCUT2D eigenvalue weighted by molar-refractivity contribution is -0.127. The maximum absolute atomic E-state index is 15.4. The fourth-order valence-corrected chi connectivity index (χ4v) is 9.49. The summed E-state index contributed by atoms with van der Waals surface area (Å²) in [5.74, 6) is -5.17. The molecule has 2 saturated heterocycles. The molecule has 6 atom stereocenters. The molecule has 4 aliphatic rings. The Morgan fingerprint density at radius 3 is 2.12 bits per heavy atom. The Morgan fingerprint density at radius 1 is 0.784 bits per heavy atom. The van der Waals surface area contributed by atoms with Gasteiger partial charge in [-0.1, -0.05) is 75.6 Å². The van der Waals surface area contributed by atoms with Crippen molar-refractivity contribution in [2.75, 3.05) is 24.0 Å². The first-order chi connectivity index (χ1) is 24.6.